The van der Waals surface area contributed by atoms with Crippen LogP contribution in [-0.2, 0) is 31.6 Å². The van der Waals surface area contributed by atoms with Gasteiger partial charge in [-0.25, -0.2) is 18.5 Å². The van der Waals surface area contributed by atoms with Crippen molar-refractivity contribution in [3.8, 4) is 0 Å². The van der Waals surface area contributed by atoms with Crippen LogP contribution in [0.5, 0.6) is 0 Å². The van der Waals surface area contributed by atoms with E-state index >= 15 is 0 Å². The van der Waals surface area contributed by atoms with Gasteiger partial charge in [-0.2, -0.15) is 20.4 Å². The summed E-state index contributed by atoms with van der Waals surface area (Å²) in [5.41, 5.74) is -1.49. The van der Waals surface area contributed by atoms with Crippen molar-refractivity contribution in [3.63, 3.8) is 0 Å². The number of rotatable bonds is 10. The molecule has 0 aromatic carbocycles. The average Bonchev–Trinajstić information content (AvgIpc) is 2.86. The Bertz CT molecular complexity index is 1040. The lowest BCUT2D eigenvalue weighted by molar-refractivity contribution is -0.0466. The van der Waals surface area contributed by atoms with E-state index in [1.165, 1.54) is 11.8 Å². The van der Waals surface area contributed by atoms with Gasteiger partial charge in [-0.15, -0.1) is 0 Å². The minimum absolute atomic E-state index is 0.267. The first-order valence-corrected chi connectivity index (χ1v) is 14.0. The molecule has 0 amide bonds. The molecule has 1 aromatic heterocycles. The third-order valence-corrected chi connectivity index (χ3v) is 8.32. The van der Waals surface area contributed by atoms with Crippen LogP contribution in [0, 0.1) is 5.92 Å². The van der Waals surface area contributed by atoms with Gasteiger partial charge in [0.2, 0.25) is 0 Å². The lowest BCUT2D eigenvalue weighted by atomic mass is 10.0. The van der Waals surface area contributed by atoms with Crippen LogP contribution in [0.3, 0.4) is 0 Å². The fraction of sp³-hybridized carbons (Fsp3) is 0.636. The fourth-order valence-electron chi connectivity index (χ4n) is 2.69. The predicted molar refractivity (Wildman–Crippen MR) is 103 cm³/mol. The molecule has 3 unspecified atom stereocenters. The SMILES string of the molecule is CSCC1[C@H](n2ccc(=O)[nH]c2=O)O[C@H](COP(=O)(O)OP(=O)(O)OP(=O)(O)O)[C@H]1O. The summed E-state index contributed by atoms with van der Waals surface area (Å²) in [5.74, 6) is -0.462. The number of phosphoric ester groups is 1. The van der Waals surface area contributed by atoms with Crippen molar-refractivity contribution in [3.05, 3.63) is 33.1 Å². The highest BCUT2D eigenvalue weighted by molar-refractivity contribution is 7.98. The van der Waals surface area contributed by atoms with E-state index in [9.17, 15) is 33.3 Å². The molecule has 6 atom stereocenters. The molecule has 0 aliphatic carbocycles. The second kappa shape index (κ2) is 10.1. The second-order valence-electron chi connectivity index (χ2n) is 6.08. The summed E-state index contributed by atoms with van der Waals surface area (Å²) >= 11 is 1.29. The quantitative estimate of drug-likeness (QED) is 0.202. The van der Waals surface area contributed by atoms with Crippen molar-refractivity contribution in [2.45, 2.75) is 18.4 Å². The molecular weight excluding hydrogens is 509 g/mol. The van der Waals surface area contributed by atoms with Crippen LogP contribution in [0.25, 0.3) is 0 Å². The summed E-state index contributed by atoms with van der Waals surface area (Å²) in [6.45, 7) is -0.885. The molecule has 20 heteroatoms. The maximum atomic E-state index is 12.0. The molecule has 178 valence electrons. The number of aromatic amines is 1. The van der Waals surface area contributed by atoms with Gasteiger partial charge in [0.1, 0.15) is 12.3 Å². The number of aromatic nitrogens is 2. The zero-order valence-electron chi connectivity index (χ0n) is 15.5. The number of nitrogens with one attached hydrogen (secondary N) is 1. The number of ether oxygens (including phenoxy) is 1. The van der Waals surface area contributed by atoms with Crippen molar-refractivity contribution in [1.82, 2.24) is 9.55 Å². The Hall–Kier alpha value is -0.640. The molecular formula is C11H19N2O14P3S. The number of H-pyrrole nitrogens is 1. The molecule has 1 fully saturated rings. The molecule has 1 saturated heterocycles. The number of aliphatic hydroxyl groups is 1. The standard InChI is InChI=1S/C11H19N2O14P3S/c1-31-5-6-9(15)7(25-10(6)13-3-2-8(14)12-11(13)16)4-24-29(20,21)27-30(22,23)26-28(17,18)19/h2-3,6-7,9-10,15H,4-5H2,1H3,(H,20,21)(H,22,23)(H,12,14,16)(H2,17,18,19)/t6?,7-,9+,10-/m1/s1. The highest BCUT2D eigenvalue weighted by Gasteiger charge is 2.47. The van der Waals surface area contributed by atoms with E-state index in [0.29, 0.717) is 0 Å². The lowest BCUT2D eigenvalue weighted by Gasteiger charge is -2.20. The molecule has 0 radical (unpaired) electrons. The predicted octanol–water partition coefficient (Wildman–Crippen LogP) is -0.883. The van der Waals surface area contributed by atoms with Gasteiger partial charge in [0.25, 0.3) is 5.56 Å². The van der Waals surface area contributed by atoms with Crippen molar-refractivity contribution >= 4 is 35.2 Å². The van der Waals surface area contributed by atoms with Crippen molar-refractivity contribution in [2.24, 2.45) is 5.92 Å². The van der Waals surface area contributed by atoms with Crippen LogP contribution in [0.1, 0.15) is 6.23 Å². The van der Waals surface area contributed by atoms with Crippen LogP contribution in [0.2, 0.25) is 0 Å². The average molecular weight is 528 g/mol. The summed E-state index contributed by atoms with van der Waals surface area (Å²) in [4.78, 5) is 61.0. The number of phosphoric acid groups is 3. The number of hydrogen-bond acceptors (Lipinski definition) is 11. The first-order chi connectivity index (χ1) is 14.1. The smallest absolute Gasteiger partial charge is 0.390 e. The Kier molecular flexibility index (Phi) is 8.67. The van der Waals surface area contributed by atoms with E-state index < -0.39 is 65.7 Å². The molecule has 0 saturated carbocycles. The molecule has 16 nitrogen and oxygen atoms in total. The van der Waals surface area contributed by atoms with Crippen LogP contribution >= 0.6 is 35.2 Å². The topological polar surface area (TPSA) is 244 Å². The number of nitrogens with zero attached hydrogens (tertiary/aromatic N) is 1. The minimum Gasteiger partial charge on any atom is -0.390 e. The Morgan fingerprint density at radius 3 is 2.35 bits per heavy atom. The molecule has 6 N–H and O–H groups in total. The van der Waals surface area contributed by atoms with E-state index in [4.69, 9.17) is 19.4 Å². The van der Waals surface area contributed by atoms with Gasteiger partial charge >= 0.3 is 29.2 Å². The zero-order valence-corrected chi connectivity index (χ0v) is 19.0. The fourth-order valence-corrected chi connectivity index (χ4v) is 6.46. The lowest BCUT2D eigenvalue weighted by Crippen LogP contribution is -2.35. The summed E-state index contributed by atoms with van der Waals surface area (Å²) in [7, 11) is -16.6. The Labute approximate surface area is 177 Å². The monoisotopic (exact) mass is 528 g/mol. The van der Waals surface area contributed by atoms with Gasteiger partial charge in [0, 0.05) is 23.9 Å². The third-order valence-electron chi connectivity index (χ3n) is 3.80. The molecule has 0 bridgehead atoms. The van der Waals surface area contributed by atoms with Crippen molar-refractivity contribution in [2.75, 3.05) is 18.6 Å². The van der Waals surface area contributed by atoms with E-state index in [0.717, 1.165) is 16.8 Å². The summed E-state index contributed by atoms with van der Waals surface area (Å²) < 4.78 is 52.0. The molecule has 31 heavy (non-hydrogen) atoms. The summed E-state index contributed by atoms with van der Waals surface area (Å²) in [5, 5.41) is 10.5. The van der Waals surface area contributed by atoms with E-state index in [1.54, 1.807) is 6.26 Å². The Morgan fingerprint density at radius 2 is 1.81 bits per heavy atom. The van der Waals surface area contributed by atoms with E-state index in [2.05, 4.69) is 13.1 Å². The summed E-state index contributed by atoms with van der Waals surface area (Å²) in [6.07, 6.45) is -0.925. The molecule has 0 spiro atoms. The van der Waals surface area contributed by atoms with Gasteiger partial charge in [-0.1, -0.05) is 0 Å². The van der Waals surface area contributed by atoms with Gasteiger partial charge in [-0.3, -0.25) is 18.9 Å². The Balaban J connectivity index is 2.13. The van der Waals surface area contributed by atoms with Crippen LogP contribution in [0.4, 0.5) is 0 Å². The molecule has 1 aliphatic rings. The van der Waals surface area contributed by atoms with Crippen LogP contribution in [0.15, 0.2) is 21.9 Å². The maximum absolute atomic E-state index is 12.0. The second-order valence-corrected chi connectivity index (χ2v) is 11.4. The van der Waals surface area contributed by atoms with Gasteiger partial charge in [0.15, 0.2) is 0 Å². The largest absolute Gasteiger partial charge is 0.490 e. The number of hydrogen-bond donors (Lipinski definition) is 6. The minimum atomic E-state index is -5.69. The maximum Gasteiger partial charge on any atom is 0.490 e. The molecule has 2 rings (SSSR count). The van der Waals surface area contributed by atoms with Crippen molar-refractivity contribution in [1.29, 1.82) is 0 Å². The first-order valence-electron chi connectivity index (χ1n) is 8.06. The van der Waals surface area contributed by atoms with Crippen LogP contribution < -0.4 is 11.2 Å². The van der Waals surface area contributed by atoms with Gasteiger partial charge in [-0.05, 0) is 6.26 Å². The Morgan fingerprint density at radius 1 is 1.16 bits per heavy atom. The van der Waals surface area contributed by atoms with E-state index in [1.807, 2.05) is 4.98 Å². The highest BCUT2D eigenvalue weighted by atomic mass is 32.2. The van der Waals surface area contributed by atoms with Gasteiger partial charge in [0.05, 0.1) is 12.7 Å². The normalized spacial score (nSPS) is 28.2. The summed E-state index contributed by atoms with van der Waals surface area (Å²) in [6, 6.07) is 1.05. The first kappa shape index (κ1) is 26.6. The molecule has 1 aromatic rings. The number of aliphatic hydroxyl groups excluding tert-OH is 1. The van der Waals surface area contributed by atoms with Crippen molar-refractivity contribution < 1.29 is 56.3 Å². The molecule has 1 aliphatic heterocycles. The zero-order chi connectivity index (χ0) is 23.6. The number of thioether (sulfide) groups is 1. The third kappa shape index (κ3) is 7.72. The van der Waals surface area contributed by atoms with E-state index in [-0.39, 0.29) is 5.75 Å². The van der Waals surface area contributed by atoms with Gasteiger partial charge < -0.3 is 29.4 Å². The highest BCUT2D eigenvalue weighted by Crippen LogP contribution is 2.66. The molecule has 2 heterocycles. The van der Waals surface area contributed by atoms with Crippen LogP contribution in [-0.4, -0.2) is 65.1 Å².